The van der Waals surface area contributed by atoms with Gasteiger partial charge in [-0.05, 0) is 19.1 Å². The van der Waals surface area contributed by atoms with E-state index < -0.39 is 0 Å². The zero-order valence-corrected chi connectivity index (χ0v) is 8.56. The van der Waals surface area contributed by atoms with Crippen LogP contribution in [0.15, 0.2) is 18.2 Å². The molecule has 1 unspecified atom stereocenters. The SMILES string of the molecule is CC1CC(=O)Nc2c(Cl)cccc2N1. The Hall–Kier alpha value is -1.22. The third kappa shape index (κ3) is 1.68. The molecule has 1 aliphatic heterocycles. The Kier molecular flexibility index (Phi) is 2.33. The first kappa shape index (κ1) is 9.34. The molecule has 2 N–H and O–H groups in total. The highest BCUT2D eigenvalue weighted by Crippen LogP contribution is 2.32. The molecule has 1 aromatic rings. The van der Waals surface area contributed by atoms with Crippen LogP contribution in [0.1, 0.15) is 13.3 Å². The summed E-state index contributed by atoms with van der Waals surface area (Å²) in [6, 6.07) is 5.66. The molecule has 14 heavy (non-hydrogen) atoms. The fourth-order valence-corrected chi connectivity index (χ4v) is 1.78. The summed E-state index contributed by atoms with van der Waals surface area (Å²) in [6.45, 7) is 1.97. The molecule has 0 radical (unpaired) electrons. The third-order valence-corrected chi connectivity index (χ3v) is 2.49. The first-order chi connectivity index (χ1) is 6.66. The van der Waals surface area contributed by atoms with E-state index in [1.807, 2.05) is 19.1 Å². The molecule has 0 bridgehead atoms. The van der Waals surface area contributed by atoms with Crippen LogP contribution >= 0.6 is 11.6 Å². The maximum absolute atomic E-state index is 11.4. The van der Waals surface area contributed by atoms with Crippen molar-refractivity contribution >= 4 is 28.9 Å². The van der Waals surface area contributed by atoms with Gasteiger partial charge in [0, 0.05) is 12.5 Å². The van der Waals surface area contributed by atoms with E-state index in [1.165, 1.54) is 0 Å². The molecule has 0 aliphatic carbocycles. The van der Waals surface area contributed by atoms with Gasteiger partial charge in [-0.25, -0.2) is 0 Å². The molecule has 4 heteroatoms. The minimum atomic E-state index is -0.00292. The Labute approximate surface area is 87.4 Å². The zero-order valence-electron chi connectivity index (χ0n) is 7.80. The van der Waals surface area contributed by atoms with E-state index in [9.17, 15) is 4.79 Å². The standard InChI is InChI=1S/C10H11ClN2O/c1-6-5-9(14)13-10-7(11)3-2-4-8(10)12-6/h2-4,6,12H,5H2,1H3,(H,13,14). The molecule has 0 saturated heterocycles. The molecule has 1 amide bonds. The predicted molar refractivity (Wildman–Crippen MR) is 57.8 cm³/mol. The molecule has 0 saturated carbocycles. The Morgan fingerprint density at radius 3 is 3.07 bits per heavy atom. The van der Waals surface area contributed by atoms with Gasteiger partial charge in [0.25, 0.3) is 0 Å². The molecular formula is C10H11ClN2O. The highest BCUT2D eigenvalue weighted by Gasteiger charge is 2.18. The normalized spacial score (nSPS) is 20.4. The molecule has 3 nitrogen and oxygen atoms in total. The first-order valence-corrected chi connectivity index (χ1v) is 4.89. The number of halogens is 1. The smallest absolute Gasteiger partial charge is 0.226 e. The van der Waals surface area contributed by atoms with E-state index in [-0.39, 0.29) is 11.9 Å². The highest BCUT2D eigenvalue weighted by atomic mass is 35.5. The topological polar surface area (TPSA) is 41.1 Å². The van der Waals surface area contributed by atoms with Crippen molar-refractivity contribution < 1.29 is 4.79 Å². The predicted octanol–water partition coefficient (Wildman–Crippen LogP) is 2.48. The lowest BCUT2D eigenvalue weighted by Crippen LogP contribution is -2.18. The molecule has 2 rings (SSSR count). The van der Waals surface area contributed by atoms with E-state index in [0.29, 0.717) is 17.1 Å². The van der Waals surface area contributed by atoms with Gasteiger partial charge in [-0.1, -0.05) is 17.7 Å². The molecule has 1 aliphatic rings. The first-order valence-electron chi connectivity index (χ1n) is 4.51. The van der Waals surface area contributed by atoms with Crippen molar-refractivity contribution in [3.05, 3.63) is 23.2 Å². The van der Waals surface area contributed by atoms with E-state index in [0.717, 1.165) is 5.69 Å². The number of hydrogen-bond donors (Lipinski definition) is 2. The number of carbonyl (C=O) groups is 1. The van der Waals surface area contributed by atoms with Gasteiger partial charge in [-0.3, -0.25) is 4.79 Å². The molecular weight excluding hydrogens is 200 g/mol. The fourth-order valence-electron chi connectivity index (χ4n) is 1.56. The van der Waals surface area contributed by atoms with Gasteiger partial charge in [0.1, 0.15) is 0 Å². The molecule has 1 heterocycles. The highest BCUT2D eigenvalue weighted by molar-refractivity contribution is 6.34. The van der Waals surface area contributed by atoms with Gasteiger partial charge in [0.15, 0.2) is 0 Å². The van der Waals surface area contributed by atoms with Gasteiger partial charge in [-0.15, -0.1) is 0 Å². The largest absolute Gasteiger partial charge is 0.380 e. The average Bonchev–Trinajstić information content (AvgIpc) is 2.23. The summed E-state index contributed by atoms with van der Waals surface area (Å²) in [5, 5.41) is 6.58. The van der Waals surface area contributed by atoms with Crippen LogP contribution in [0.2, 0.25) is 5.02 Å². The summed E-state index contributed by atoms with van der Waals surface area (Å²) < 4.78 is 0. The number of hydrogen-bond acceptors (Lipinski definition) is 2. The fraction of sp³-hybridized carbons (Fsp3) is 0.300. The minimum absolute atomic E-state index is 0.00292. The summed E-state index contributed by atoms with van der Waals surface area (Å²) in [4.78, 5) is 11.4. The van der Waals surface area contributed by atoms with Gasteiger partial charge in [0.05, 0.1) is 16.4 Å². The number of carbonyl (C=O) groups excluding carboxylic acids is 1. The van der Waals surface area contributed by atoms with E-state index >= 15 is 0 Å². The van der Waals surface area contributed by atoms with Crippen LogP contribution in [-0.4, -0.2) is 11.9 Å². The van der Waals surface area contributed by atoms with Crippen molar-refractivity contribution in [2.45, 2.75) is 19.4 Å². The number of para-hydroxylation sites is 1. The lowest BCUT2D eigenvalue weighted by molar-refractivity contribution is -0.116. The van der Waals surface area contributed by atoms with Crippen molar-refractivity contribution in [1.29, 1.82) is 0 Å². The van der Waals surface area contributed by atoms with Crippen LogP contribution in [0.5, 0.6) is 0 Å². The monoisotopic (exact) mass is 210 g/mol. The van der Waals surface area contributed by atoms with Crippen molar-refractivity contribution in [3.63, 3.8) is 0 Å². The quantitative estimate of drug-likeness (QED) is 0.691. The Morgan fingerprint density at radius 1 is 1.50 bits per heavy atom. The summed E-state index contributed by atoms with van der Waals surface area (Å²) in [5.41, 5.74) is 1.57. The lowest BCUT2D eigenvalue weighted by atomic mass is 10.2. The number of anilines is 2. The third-order valence-electron chi connectivity index (χ3n) is 2.17. The van der Waals surface area contributed by atoms with Crippen LogP contribution in [0.4, 0.5) is 11.4 Å². The van der Waals surface area contributed by atoms with Crippen molar-refractivity contribution in [1.82, 2.24) is 0 Å². The van der Waals surface area contributed by atoms with Crippen molar-refractivity contribution in [2.24, 2.45) is 0 Å². The van der Waals surface area contributed by atoms with Gasteiger partial charge >= 0.3 is 0 Å². The van der Waals surface area contributed by atoms with Gasteiger partial charge in [0.2, 0.25) is 5.91 Å². The summed E-state index contributed by atoms with van der Waals surface area (Å²) in [7, 11) is 0. The number of amides is 1. The van der Waals surface area contributed by atoms with Crippen LogP contribution in [0.25, 0.3) is 0 Å². The molecule has 0 fully saturated rings. The zero-order chi connectivity index (χ0) is 10.1. The number of nitrogens with one attached hydrogen (secondary N) is 2. The molecule has 0 aromatic heterocycles. The number of fused-ring (bicyclic) bond motifs is 1. The average molecular weight is 211 g/mol. The van der Waals surface area contributed by atoms with Crippen LogP contribution < -0.4 is 10.6 Å². The summed E-state index contributed by atoms with van der Waals surface area (Å²) in [6.07, 6.45) is 0.463. The maximum Gasteiger partial charge on any atom is 0.226 e. The van der Waals surface area contributed by atoms with E-state index in [1.54, 1.807) is 6.07 Å². The second-order valence-corrected chi connectivity index (χ2v) is 3.87. The molecule has 74 valence electrons. The maximum atomic E-state index is 11.4. The molecule has 0 spiro atoms. The van der Waals surface area contributed by atoms with Crippen molar-refractivity contribution in [3.8, 4) is 0 Å². The van der Waals surface area contributed by atoms with E-state index in [2.05, 4.69) is 10.6 Å². The second kappa shape index (κ2) is 3.50. The van der Waals surface area contributed by atoms with E-state index in [4.69, 9.17) is 11.6 Å². The van der Waals surface area contributed by atoms with Gasteiger partial charge < -0.3 is 10.6 Å². The van der Waals surface area contributed by atoms with Crippen molar-refractivity contribution in [2.75, 3.05) is 10.6 Å². The lowest BCUT2D eigenvalue weighted by Gasteiger charge is -2.11. The second-order valence-electron chi connectivity index (χ2n) is 3.46. The van der Waals surface area contributed by atoms with Crippen LogP contribution in [0.3, 0.4) is 0 Å². The van der Waals surface area contributed by atoms with Gasteiger partial charge in [-0.2, -0.15) is 0 Å². The number of rotatable bonds is 0. The molecule has 1 atom stereocenters. The minimum Gasteiger partial charge on any atom is -0.380 e. The van der Waals surface area contributed by atoms with Crippen LogP contribution in [-0.2, 0) is 4.79 Å². The van der Waals surface area contributed by atoms with Crippen LogP contribution in [0, 0.1) is 0 Å². The Bertz CT molecular complexity index is 378. The summed E-state index contributed by atoms with van der Waals surface area (Å²) >= 11 is 5.97. The Morgan fingerprint density at radius 2 is 2.29 bits per heavy atom. The molecule has 1 aromatic carbocycles. The Balaban J connectivity index is 2.46. The summed E-state index contributed by atoms with van der Waals surface area (Å²) in [5.74, 6) is -0.00292. The number of benzene rings is 1.